The summed E-state index contributed by atoms with van der Waals surface area (Å²) in [6.45, 7) is 1.97. The number of nitrogens with one attached hydrogen (secondary N) is 1. The predicted octanol–water partition coefficient (Wildman–Crippen LogP) is 0.492. The molecular formula is C21H34N5O9P. The lowest BCUT2D eigenvalue weighted by Gasteiger charge is -2.29. The van der Waals surface area contributed by atoms with Crippen molar-refractivity contribution in [1.82, 2.24) is 19.7 Å². The number of fused-ring (bicyclic) bond motifs is 1. The zero-order valence-corrected chi connectivity index (χ0v) is 21.1. The van der Waals surface area contributed by atoms with E-state index >= 15 is 0 Å². The lowest BCUT2D eigenvalue weighted by molar-refractivity contribution is -0.104. The van der Waals surface area contributed by atoms with Crippen LogP contribution in [0, 0.1) is 0 Å². The molecule has 5 atom stereocenters. The van der Waals surface area contributed by atoms with Crippen molar-refractivity contribution in [3.63, 3.8) is 0 Å². The highest BCUT2D eigenvalue weighted by Gasteiger charge is 2.48. The second-order valence-electron chi connectivity index (χ2n) is 9.39. The summed E-state index contributed by atoms with van der Waals surface area (Å²) in [7, 11) is -4.84. The summed E-state index contributed by atoms with van der Waals surface area (Å²) < 4.78 is 29.8. The molecule has 15 heteroatoms. The SMILES string of the molecule is CCCOc1nc(NC2CCCC2)c2cnn([C@@H]3O[C@H](CO[C@](C)(CO)P(=O)(O)O)[C@@H](O)[C@H]3O)c2n1. The van der Waals surface area contributed by atoms with Crippen LogP contribution in [0.1, 0.15) is 52.2 Å². The molecule has 2 aromatic rings. The van der Waals surface area contributed by atoms with Gasteiger partial charge in [0.1, 0.15) is 24.1 Å². The molecule has 0 bridgehead atoms. The molecule has 202 valence electrons. The fraction of sp³-hybridized carbons (Fsp3) is 0.762. The van der Waals surface area contributed by atoms with Crippen molar-refractivity contribution in [3.8, 4) is 6.01 Å². The molecule has 1 saturated carbocycles. The molecule has 2 fully saturated rings. The van der Waals surface area contributed by atoms with Crippen LogP contribution in [0.5, 0.6) is 6.01 Å². The van der Waals surface area contributed by atoms with E-state index in [1.165, 1.54) is 4.68 Å². The van der Waals surface area contributed by atoms with Gasteiger partial charge < -0.3 is 44.6 Å². The van der Waals surface area contributed by atoms with Gasteiger partial charge in [-0.1, -0.05) is 19.8 Å². The van der Waals surface area contributed by atoms with Crippen molar-refractivity contribution in [3.05, 3.63) is 6.20 Å². The molecule has 4 rings (SSSR count). The third kappa shape index (κ3) is 5.36. The van der Waals surface area contributed by atoms with Gasteiger partial charge in [-0.25, -0.2) is 4.68 Å². The maximum absolute atomic E-state index is 11.7. The van der Waals surface area contributed by atoms with Gasteiger partial charge in [-0.3, -0.25) is 4.57 Å². The lowest BCUT2D eigenvalue weighted by Crippen LogP contribution is -2.39. The number of ether oxygens (including phenoxy) is 3. The Balaban J connectivity index is 1.60. The number of rotatable bonds is 11. The third-order valence-corrected chi connectivity index (χ3v) is 8.11. The van der Waals surface area contributed by atoms with E-state index in [9.17, 15) is 29.7 Å². The Bertz CT molecular complexity index is 1090. The summed E-state index contributed by atoms with van der Waals surface area (Å²) in [6, 6.07) is 0.400. The highest BCUT2D eigenvalue weighted by Crippen LogP contribution is 2.51. The largest absolute Gasteiger partial charge is 0.463 e. The van der Waals surface area contributed by atoms with Crippen LogP contribution in [-0.2, 0) is 14.0 Å². The van der Waals surface area contributed by atoms with Gasteiger partial charge >= 0.3 is 13.6 Å². The molecule has 1 aliphatic heterocycles. The number of aliphatic hydroxyl groups excluding tert-OH is 3. The van der Waals surface area contributed by atoms with Gasteiger partial charge in [-0.2, -0.15) is 15.1 Å². The van der Waals surface area contributed by atoms with Crippen molar-refractivity contribution >= 4 is 24.4 Å². The van der Waals surface area contributed by atoms with Crippen LogP contribution < -0.4 is 10.1 Å². The Hall–Kier alpha value is -1.90. The molecule has 2 aliphatic rings. The van der Waals surface area contributed by atoms with Crippen LogP contribution in [0.3, 0.4) is 0 Å². The van der Waals surface area contributed by atoms with E-state index in [1.54, 1.807) is 6.20 Å². The van der Waals surface area contributed by atoms with E-state index in [0.717, 1.165) is 39.0 Å². The first-order chi connectivity index (χ1) is 17.1. The van der Waals surface area contributed by atoms with Crippen LogP contribution in [-0.4, -0.2) is 94.4 Å². The highest BCUT2D eigenvalue weighted by molar-refractivity contribution is 7.53. The molecule has 0 amide bonds. The van der Waals surface area contributed by atoms with Gasteiger partial charge in [-0.05, 0) is 26.2 Å². The van der Waals surface area contributed by atoms with Gasteiger partial charge in [0.05, 0.1) is 31.4 Å². The van der Waals surface area contributed by atoms with Gasteiger partial charge in [0, 0.05) is 6.04 Å². The average molecular weight is 532 g/mol. The summed E-state index contributed by atoms with van der Waals surface area (Å²) in [5.41, 5.74) is 0.324. The highest BCUT2D eigenvalue weighted by atomic mass is 31.2. The molecule has 0 unspecified atom stereocenters. The Labute approximate surface area is 207 Å². The Kier molecular flexibility index (Phi) is 8.17. The zero-order chi connectivity index (χ0) is 26.1. The third-order valence-electron chi connectivity index (χ3n) is 6.61. The fourth-order valence-corrected chi connectivity index (χ4v) is 4.70. The van der Waals surface area contributed by atoms with Crippen LogP contribution in [0.4, 0.5) is 5.82 Å². The van der Waals surface area contributed by atoms with E-state index in [1.807, 2.05) is 6.92 Å². The molecule has 1 saturated heterocycles. The van der Waals surface area contributed by atoms with E-state index in [0.29, 0.717) is 23.5 Å². The number of nitrogens with zero attached hydrogens (tertiary/aromatic N) is 4. The summed E-state index contributed by atoms with van der Waals surface area (Å²) >= 11 is 0. The minimum Gasteiger partial charge on any atom is -0.463 e. The number of hydrogen-bond acceptors (Lipinski definition) is 11. The molecular weight excluding hydrogens is 497 g/mol. The van der Waals surface area contributed by atoms with Crippen LogP contribution >= 0.6 is 7.60 Å². The molecule has 2 aromatic heterocycles. The minimum absolute atomic E-state index is 0.139. The van der Waals surface area contributed by atoms with Gasteiger partial charge in [-0.15, -0.1) is 0 Å². The number of hydrogen-bond donors (Lipinski definition) is 6. The molecule has 0 aromatic carbocycles. The summed E-state index contributed by atoms with van der Waals surface area (Å²) in [5, 5.41) is 36.9. The molecule has 3 heterocycles. The standard InChI is InChI=1S/C21H34N5O9P/c1-3-8-33-20-24-17(23-12-6-4-5-7-12)13-9-22-26(18(13)25-20)19-16(29)15(28)14(35-19)10-34-21(2,11-27)36(30,31)32/h9,12,14-16,19,27-29H,3-8,10-11H2,1-2H3,(H,23,24,25)(H2,30,31,32)/t14-,15-,16-,19-,21+/m1/s1. The minimum atomic E-state index is -4.84. The molecule has 14 nitrogen and oxygen atoms in total. The monoisotopic (exact) mass is 531 g/mol. The van der Waals surface area contributed by atoms with E-state index in [2.05, 4.69) is 20.4 Å². The van der Waals surface area contributed by atoms with E-state index in [4.69, 9.17) is 14.2 Å². The van der Waals surface area contributed by atoms with Gasteiger partial charge in [0.2, 0.25) is 0 Å². The normalized spacial score (nSPS) is 27.0. The first-order valence-electron chi connectivity index (χ1n) is 12.0. The average Bonchev–Trinajstić information content (AvgIpc) is 3.56. The quantitative estimate of drug-likeness (QED) is 0.219. The Morgan fingerprint density at radius 1 is 1.25 bits per heavy atom. The number of anilines is 1. The Morgan fingerprint density at radius 2 is 1.97 bits per heavy atom. The maximum atomic E-state index is 11.7. The van der Waals surface area contributed by atoms with Gasteiger partial charge in [0.25, 0.3) is 0 Å². The van der Waals surface area contributed by atoms with Crippen LogP contribution in [0.25, 0.3) is 11.0 Å². The Morgan fingerprint density at radius 3 is 2.61 bits per heavy atom. The smallest absolute Gasteiger partial charge is 0.359 e. The van der Waals surface area contributed by atoms with Crippen LogP contribution in [0.2, 0.25) is 0 Å². The van der Waals surface area contributed by atoms with Crippen molar-refractivity contribution in [2.75, 3.05) is 25.1 Å². The number of aliphatic hydroxyl groups is 3. The summed E-state index contributed by atoms with van der Waals surface area (Å²) in [4.78, 5) is 28.0. The summed E-state index contributed by atoms with van der Waals surface area (Å²) in [6.07, 6.45) is 1.36. The molecule has 1 aliphatic carbocycles. The van der Waals surface area contributed by atoms with Gasteiger partial charge in [0.15, 0.2) is 17.2 Å². The first-order valence-corrected chi connectivity index (χ1v) is 13.7. The second kappa shape index (κ2) is 10.8. The second-order valence-corrected chi connectivity index (χ2v) is 11.4. The fourth-order valence-electron chi connectivity index (χ4n) is 4.28. The first kappa shape index (κ1) is 27.1. The van der Waals surface area contributed by atoms with Crippen molar-refractivity contribution < 1.29 is 43.9 Å². The molecule has 6 N–H and O–H groups in total. The van der Waals surface area contributed by atoms with E-state index < -0.39 is 50.7 Å². The topological polar surface area (TPSA) is 202 Å². The lowest BCUT2D eigenvalue weighted by atomic mass is 10.1. The van der Waals surface area contributed by atoms with Crippen molar-refractivity contribution in [2.24, 2.45) is 0 Å². The molecule has 36 heavy (non-hydrogen) atoms. The van der Waals surface area contributed by atoms with Crippen molar-refractivity contribution in [1.29, 1.82) is 0 Å². The number of aromatic nitrogens is 4. The predicted molar refractivity (Wildman–Crippen MR) is 126 cm³/mol. The zero-order valence-electron chi connectivity index (χ0n) is 20.2. The summed E-state index contributed by atoms with van der Waals surface area (Å²) in [5.74, 6) is 0.553. The van der Waals surface area contributed by atoms with E-state index in [-0.39, 0.29) is 12.1 Å². The molecule has 0 spiro atoms. The maximum Gasteiger partial charge on any atom is 0.359 e. The van der Waals surface area contributed by atoms with Crippen molar-refractivity contribution in [2.45, 2.75) is 81.9 Å². The van der Waals surface area contributed by atoms with Crippen LogP contribution in [0.15, 0.2) is 6.20 Å². The molecule has 0 radical (unpaired) electrons.